The Morgan fingerprint density at radius 3 is 2.52 bits per heavy atom. The Hall–Kier alpha value is -2.77. The molecule has 1 aliphatic heterocycles. The first-order chi connectivity index (χ1) is 13.2. The molecule has 8 heteroatoms. The van der Waals surface area contributed by atoms with Crippen molar-refractivity contribution in [3.8, 4) is 0 Å². The quantitative estimate of drug-likeness (QED) is 0.700. The van der Waals surface area contributed by atoms with Gasteiger partial charge in [-0.05, 0) is 19.3 Å². The van der Waals surface area contributed by atoms with E-state index in [1.807, 2.05) is 11.6 Å². The maximum atomic E-state index is 4.87. The molecule has 0 spiro atoms. The summed E-state index contributed by atoms with van der Waals surface area (Å²) in [6.45, 7) is 5.79. The molecule has 1 aliphatic carbocycles. The molecule has 0 amide bonds. The minimum atomic E-state index is 0.579. The summed E-state index contributed by atoms with van der Waals surface area (Å²) >= 11 is 0. The second-order valence-electron chi connectivity index (χ2n) is 7.40. The number of hydrogen-bond acceptors (Lipinski definition) is 7. The summed E-state index contributed by atoms with van der Waals surface area (Å²) in [5, 5.41) is 0. The first kappa shape index (κ1) is 16.4. The third-order valence-corrected chi connectivity index (χ3v) is 5.47. The smallest absolute Gasteiger partial charge is 0.165 e. The van der Waals surface area contributed by atoms with E-state index in [9.17, 15) is 0 Å². The van der Waals surface area contributed by atoms with Gasteiger partial charge in [0.2, 0.25) is 0 Å². The summed E-state index contributed by atoms with van der Waals surface area (Å²) in [5.41, 5.74) is 2.90. The number of aromatic nitrogens is 6. The monoisotopic (exact) mass is 364 g/mol. The minimum absolute atomic E-state index is 0.579. The average molecular weight is 364 g/mol. The molecule has 0 radical (unpaired) electrons. The average Bonchev–Trinajstić information content (AvgIpc) is 3.51. The summed E-state index contributed by atoms with van der Waals surface area (Å²) in [6, 6.07) is 2.16. The van der Waals surface area contributed by atoms with Gasteiger partial charge in [0.25, 0.3) is 0 Å². The topological polar surface area (TPSA) is 75.9 Å². The Morgan fingerprint density at radius 2 is 1.78 bits per heavy atom. The fourth-order valence-corrected chi connectivity index (χ4v) is 3.68. The standard InChI is InChI=1S/C19H24N8/c1-3-14-10-15(24-17(23-14)13-4-5-13)26-6-8-27(9-7-26)19-16-18(20-11-21-19)25(2)12-22-16/h10-13H,3-9H2,1-2H3. The van der Waals surface area contributed by atoms with Crippen LogP contribution in [0.15, 0.2) is 18.7 Å². The van der Waals surface area contributed by atoms with Crippen molar-refractivity contribution >= 4 is 22.8 Å². The van der Waals surface area contributed by atoms with Gasteiger partial charge in [-0.3, -0.25) is 0 Å². The number of piperazine rings is 1. The molecular formula is C19H24N8. The molecule has 3 aromatic rings. The lowest BCUT2D eigenvalue weighted by molar-refractivity contribution is 0.639. The Bertz CT molecular complexity index is 969. The molecule has 1 saturated carbocycles. The number of nitrogens with zero attached hydrogens (tertiary/aromatic N) is 8. The van der Waals surface area contributed by atoms with E-state index in [4.69, 9.17) is 9.97 Å². The van der Waals surface area contributed by atoms with Gasteiger partial charge in [-0.2, -0.15) is 0 Å². The van der Waals surface area contributed by atoms with Crippen LogP contribution < -0.4 is 9.80 Å². The first-order valence-corrected chi connectivity index (χ1v) is 9.72. The number of hydrogen-bond donors (Lipinski definition) is 0. The van der Waals surface area contributed by atoms with Crippen LogP contribution in [0.25, 0.3) is 11.2 Å². The van der Waals surface area contributed by atoms with Gasteiger partial charge in [0.05, 0.1) is 6.33 Å². The van der Waals surface area contributed by atoms with Crippen molar-refractivity contribution in [2.24, 2.45) is 7.05 Å². The van der Waals surface area contributed by atoms with Crippen LogP contribution in [0, 0.1) is 0 Å². The second-order valence-corrected chi connectivity index (χ2v) is 7.40. The van der Waals surface area contributed by atoms with Crippen LogP contribution in [0.3, 0.4) is 0 Å². The zero-order valence-electron chi connectivity index (χ0n) is 15.8. The third-order valence-electron chi connectivity index (χ3n) is 5.47. The summed E-state index contributed by atoms with van der Waals surface area (Å²) in [5.74, 6) is 3.62. The lowest BCUT2D eigenvalue weighted by atomic mass is 10.2. The van der Waals surface area contributed by atoms with Crippen LogP contribution in [0.4, 0.5) is 11.6 Å². The normalized spacial score (nSPS) is 17.7. The Kier molecular flexibility index (Phi) is 3.91. The molecule has 4 heterocycles. The molecule has 3 aromatic heterocycles. The maximum Gasteiger partial charge on any atom is 0.165 e. The van der Waals surface area contributed by atoms with Gasteiger partial charge in [0.1, 0.15) is 18.0 Å². The fraction of sp³-hybridized carbons (Fsp3) is 0.526. The highest BCUT2D eigenvalue weighted by molar-refractivity contribution is 5.83. The Labute approximate surface area is 158 Å². The molecule has 140 valence electrons. The molecule has 0 N–H and O–H groups in total. The predicted molar refractivity (Wildman–Crippen MR) is 104 cm³/mol. The summed E-state index contributed by atoms with van der Waals surface area (Å²) in [7, 11) is 1.96. The maximum absolute atomic E-state index is 4.87. The van der Waals surface area contributed by atoms with E-state index in [2.05, 4.69) is 37.7 Å². The largest absolute Gasteiger partial charge is 0.353 e. The number of fused-ring (bicyclic) bond motifs is 1. The number of aryl methyl sites for hydroxylation is 2. The van der Waals surface area contributed by atoms with Gasteiger partial charge >= 0.3 is 0 Å². The van der Waals surface area contributed by atoms with E-state index in [0.717, 1.165) is 66.9 Å². The molecule has 0 aromatic carbocycles. The molecular weight excluding hydrogens is 340 g/mol. The van der Waals surface area contributed by atoms with Crippen LogP contribution >= 0.6 is 0 Å². The molecule has 0 bridgehead atoms. The van der Waals surface area contributed by atoms with E-state index in [1.54, 1.807) is 12.7 Å². The van der Waals surface area contributed by atoms with Crippen molar-refractivity contribution in [3.63, 3.8) is 0 Å². The van der Waals surface area contributed by atoms with Gasteiger partial charge in [-0.1, -0.05) is 6.92 Å². The van der Waals surface area contributed by atoms with Crippen molar-refractivity contribution < 1.29 is 0 Å². The molecule has 1 saturated heterocycles. The van der Waals surface area contributed by atoms with E-state index in [-0.39, 0.29) is 0 Å². The van der Waals surface area contributed by atoms with E-state index >= 15 is 0 Å². The summed E-state index contributed by atoms with van der Waals surface area (Å²) in [6.07, 6.45) is 6.84. The lowest BCUT2D eigenvalue weighted by Gasteiger charge is -2.36. The minimum Gasteiger partial charge on any atom is -0.353 e. The highest BCUT2D eigenvalue weighted by Gasteiger charge is 2.28. The van der Waals surface area contributed by atoms with Gasteiger partial charge in [0, 0.05) is 50.9 Å². The zero-order chi connectivity index (χ0) is 18.4. The van der Waals surface area contributed by atoms with Crippen LogP contribution in [0.1, 0.15) is 37.2 Å². The van der Waals surface area contributed by atoms with Crippen LogP contribution in [0.2, 0.25) is 0 Å². The van der Waals surface area contributed by atoms with Crippen molar-refractivity contribution in [1.82, 2.24) is 29.5 Å². The molecule has 5 rings (SSSR count). The number of imidazole rings is 1. The SMILES string of the molecule is CCc1cc(N2CCN(c3ncnc4c3ncn4C)CC2)nc(C2CC2)n1. The molecule has 2 aliphatic rings. The van der Waals surface area contributed by atoms with Gasteiger partial charge in [0.15, 0.2) is 17.0 Å². The Morgan fingerprint density at radius 1 is 1.00 bits per heavy atom. The first-order valence-electron chi connectivity index (χ1n) is 9.72. The van der Waals surface area contributed by atoms with E-state index in [0.29, 0.717) is 5.92 Å². The van der Waals surface area contributed by atoms with E-state index in [1.165, 1.54) is 12.8 Å². The zero-order valence-corrected chi connectivity index (χ0v) is 15.8. The van der Waals surface area contributed by atoms with Crippen molar-refractivity contribution in [2.45, 2.75) is 32.1 Å². The van der Waals surface area contributed by atoms with Crippen LogP contribution in [0.5, 0.6) is 0 Å². The summed E-state index contributed by atoms with van der Waals surface area (Å²) < 4.78 is 1.93. The van der Waals surface area contributed by atoms with Crippen LogP contribution in [-0.4, -0.2) is 55.7 Å². The third kappa shape index (κ3) is 2.98. The van der Waals surface area contributed by atoms with E-state index < -0.39 is 0 Å². The molecule has 2 fully saturated rings. The highest BCUT2D eigenvalue weighted by atomic mass is 15.3. The fourth-order valence-electron chi connectivity index (χ4n) is 3.68. The molecule has 27 heavy (non-hydrogen) atoms. The van der Waals surface area contributed by atoms with Crippen molar-refractivity contribution in [3.05, 3.63) is 30.2 Å². The van der Waals surface area contributed by atoms with Gasteiger partial charge in [-0.25, -0.2) is 24.9 Å². The predicted octanol–water partition coefficient (Wildman–Crippen LogP) is 1.92. The molecule has 0 atom stereocenters. The van der Waals surface area contributed by atoms with Crippen molar-refractivity contribution in [1.29, 1.82) is 0 Å². The second kappa shape index (κ2) is 6.44. The van der Waals surface area contributed by atoms with Gasteiger partial charge < -0.3 is 14.4 Å². The molecule has 8 nitrogen and oxygen atoms in total. The summed E-state index contributed by atoms with van der Waals surface area (Å²) in [4.78, 5) is 27.6. The van der Waals surface area contributed by atoms with Gasteiger partial charge in [-0.15, -0.1) is 0 Å². The lowest BCUT2D eigenvalue weighted by Crippen LogP contribution is -2.47. The molecule has 0 unspecified atom stereocenters. The Balaban J connectivity index is 1.36. The number of rotatable bonds is 4. The van der Waals surface area contributed by atoms with Crippen molar-refractivity contribution in [2.75, 3.05) is 36.0 Å². The number of anilines is 2. The highest BCUT2D eigenvalue weighted by Crippen LogP contribution is 2.38. The van der Waals surface area contributed by atoms with Crippen LogP contribution in [-0.2, 0) is 13.5 Å².